The van der Waals surface area contributed by atoms with Crippen LogP contribution in [0.2, 0.25) is 0 Å². The molecule has 0 bridgehead atoms. The Kier molecular flexibility index (Phi) is 3.69. The van der Waals surface area contributed by atoms with Gasteiger partial charge in [0.05, 0.1) is 5.56 Å². The van der Waals surface area contributed by atoms with Gasteiger partial charge >= 0.3 is 12.1 Å². The number of carboxylic acid groups (broad SMARTS) is 1. The van der Waals surface area contributed by atoms with Crippen molar-refractivity contribution in [2.75, 3.05) is 31.1 Å². The average molecular weight is 336 g/mol. The number of aromatic carboxylic acids is 1. The minimum atomic E-state index is -1.27. The van der Waals surface area contributed by atoms with Crippen molar-refractivity contribution < 1.29 is 23.8 Å². The van der Waals surface area contributed by atoms with E-state index in [4.69, 9.17) is 9.84 Å². The maximum atomic E-state index is 13.8. The first-order valence-electron chi connectivity index (χ1n) is 7.84. The van der Waals surface area contributed by atoms with E-state index in [1.54, 1.807) is 11.0 Å². The lowest BCUT2D eigenvalue weighted by Crippen LogP contribution is -2.73. The molecule has 0 saturated carbocycles. The summed E-state index contributed by atoms with van der Waals surface area (Å²) >= 11 is 0. The van der Waals surface area contributed by atoms with Crippen molar-refractivity contribution in [2.45, 2.75) is 26.4 Å². The molecule has 2 heterocycles. The number of carbonyl (C=O) groups excluding carboxylic acids is 1. The number of hydrogen-bond acceptors (Lipinski definition) is 4. The quantitative estimate of drug-likeness (QED) is 0.899. The highest BCUT2D eigenvalue weighted by molar-refractivity contribution is 5.88. The van der Waals surface area contributed by atoms with E-state index >= 15 is 0 Å². The Hall–Kier alpha value is -2.31. The number of hydrogen-bond donors (Lipinski definition) is 1. The predicted octanol–water partition coefficient (Wildman–Crippen LogP) is 2.58. The van der Waals surface area contributed by atoms with Crippen LogP contribution in [-0.2, 0) is 4.74 Å². The summed E-state index contributed by atoms with van der Waals surface area (Å²) in [7, 11) is 0. The summed E-state index contributed by atoms with van der Waals surface area (Å²) in [6.45, 7) is 8.21. The third-order valence-corrected chi connectivity index (χ3v) is 4.31. The Morgan fingerprint density at radius 3 is 2.33 bits per heavy atom. The van der Waals surface area contributed by atoms with Crippen molar-refractivity contribution >= 4 is 17.7 Å². The van der Waals surface area contributed by atoms with Gasteiger partial charge in [-0.1, -0.05) is 0 Å². The second kappa shape index (κ2) is 5.36. The summed E-state index contributed by atoms with van der Waals surface area (Å²) < 4.78 is 19.1. The van der Waals surface area contributed by atoms with Crippen LogP contribution < -0.4 is 4.90 Å². The molecule has 0 unspecified atom stereocenters. The maximum absolute atomic E-state index is 13.8. The van der Waals surface area contributed by atoms with Crippen LogP contribution in [0.3, 0.4) is 0 Å². The third-order valence-electron chi connectivity index (χ3n) is 4.31. The summed E-state index contributed by atoms with van der Waals surface area (Å²) in [5.74, 6) is -2.00. The van der Waals surface area contributed by atoms with Gasteiger partial charge in [0.2, 0.25) is 0 Å². The molecule has 2 fully saturated rings. The molecule has 1 aromatic rings. The zero-order valence-electron chi connectivity index (χ0n) is 14.0. The van der Waals surface area contributed by atoms with Crippen LogP contribution in [0.5, 0.6) is 0 Å². The molecule has 1 N–H and O–H groups in total. The molecule has 0 aromatic heterocycles. The fraction of sp³-hybridized carbons (Fsp3) is 0.529. The van der Waals surface area contributed by atoms with Crippen LogP contribution in [0, 0.1) is 11.2 Å². The highest BCUT2D eigenvalue weighted by Gasteiger charge is 2.54. The predicted molar refractivity (Wildman–Crippen MR) is 85.8 cm³/mol. The van der Waals surface area contributed by atoms with Crippen molar-refractivity contribution in [3.63, 3.8) is 0 Å². The van der Waals surface area contributed by atoms with Gasteiger partial charge in [-0.05, 0) is 39.0 Å². The minimum Gasteiger partial charge on any atom is -0.478 e. The Labute approximate surface area is 139 Å². The number of likely N-dealkylation sites (tertiary alicyclic amines) is 1. The van der Waals surface area contributed by atoms with Gasteiger partial charge in [-0.3, -0.25) is 0 Å². The van der Waals surface area contributed by atoms with E-state index in [-0.39, 0.29) is 17.1 Å². The number of carboxylic acids is 1. The van der Waals surface area contributed by atoms with Gasteiger partial charge in [-0.25, -0.2) is 14.0 Å². The second-order valence-electron chi connectivity index (χ2n) is 7.66. The maximum Gasteiger partial charge on any atom is 0.410 e. The molecule has 2 aliphatic rings. The number of rotatable bonds is 2. The third kappa shape index (κ3) is 3.02. The van der Waals surface area contributed by atoms with Crippen LogP contribution in [0.15, 0.2) is 18.2 Å². The second-order valence-corrected chi connectivity index (χ2v) is 7.66. The Morgan fingerprint density at radius 2 is 1.83 bits per heavy atom. The molecule has 0 aliphatic carbocycles. The number of carbonyl (C=O) groups is 2. The van der Waals surface area contributed by atoms with Gasteiger partial charge in [0.15, 0.2) is 0 Å². The van der Waals surface area contributed by atoms with Crippen molar-refractivity contribution in [3.05, 3.63) is 29.6 Å². The molecule has 1 amide bonds. The molecule has 2 saturated heterocycles. The van der Waals surface area contributed by atoms with Gasteiger partial charge in [-0.2, -0.15) is 0 Å². The van der Waals surface area contributed by atoms with Crippen LogP contribution in [0.25, 0.3) is 0 Å². The summed E-state index contributed by atoms with van der Waals surface area (Å²) in [5.41, 5.74) is -0.124. The number of amides is 1. The number of ether oxygens (including phenoxy) is 1. The molecule has 6 nitrogen and oxygen atoms in total. The van der Waals surface area contributed by atoms with Crippen molar-refractivity contribution in [1.29, 1.82) is 0 Å². The number of anilines is 1. The molecule has 1 spiro atoms. The van der Waals surface area contributed by atoms with Gasteiger partial charge in [0.1, 0.15) is 11.4 Å². The van der Waals surface area contributed by atoms with E-state index in [2.05, 4.69) is 0 Å². The first-order chi connectivity index (χ1) is 11.1. The van der Waals surface area contributed by atoms with Gasteiger partial charge in [0, 0.05) is 37.3 Å². The van der Waals surface area contributed by atoms with Crippen molar-refractivity contribution in [1.82, 2.24) is 4.90 Å². The largest absolute Gasteiger partial charge is 0.478 e. The smallest absolute Gasteiger partial charge is 0.410 e. The molecule has 7 heteroatoms. The highest BCUT2D eigenvalue weighted by Crippen LogP contribution is 2.42. The molecule has 24 heavy (non-hydrogen) atoms. The highest BCUT2D eigenvalue weighted by atomic mass is 19.1. The number of benzene rings is 1. The first kappa shape index (κ1) is 16.5. The molecular weight excluding hydrogens is 315 g/mol. The lowest BCUT2D eigenvalue weighted by Gasteiger charge is -2.60. The SMILES string of the molecule is CC(C)(C)OC(=O)N1CC2(C1)CN(c1ccc(C(=O)O)c(F)c1)C2. The van der Waals surface area contributed by atoms with Crippen LogP contribution in [-0.4, -0.2) is 53.8 Å². The van der Waals surface area contributed by atoms with Gasteiger partial charge < -0.3 is 19.6 Å². The van der Waals surface area contributed by atoms with E-state index in [0.29, 0.717) is 18.8 Å². The lowest BCUT2D eigenvalue weighted by atomic mass is 9.73. The number of nitrogens with zero attached hydrogens (tertiary/aromatic N) is 2. The van der Waals surface area contributed by atoms with E-state index in [1.807, 2.05) is 25.7 Å². The Morgan fingerprint density at radius 1 is 1.21 bits per heavy atom. The fourth-order valence-corrected chi connectivity index (χ4v) is 3.24. The summed E-state index contributed by atoms with van der Waals surface area (Å²) in [4.78, 5) is 26.5. The first-order valence-corrected chi connectivity index (χ1v) is 7.84. The molecule has 0 atom stereocenters. The van der Waals surface area contributed by atoms with E-state index < -0.39 is 17.4 Å². The van der Waals surface area contributed by atoms with E-state index in [0.717, 1.165) is 13.1 Å². The van der Waals surface area contributed by atoms with Crippen molar-refractivity contribution in [3.8, 4) is 0 Å². The summed E-state index contributed by atoms with van der Waals surface area (Å²) in [6.07, 6.45) is -0.302. The molecule has 130 valence electrons. The fourth-order valence-electron chi connectivity index (χ4n) is 3.24. The molecule has 3 rings (SSSR count). The standard InChI is InChI=1S/C17H21FN2O4/c1-16(2,3)24-15(23)20-9-17(10-20)7-19(8-17)11-4-5-12(14(21)22)13(18)6-11/h4-6H,7-10H2,1-3H3,(H,21,22). The monoisotopic (exact) mass is 336 g/mol. The zero-order valence-corrected chi connectivity index (χ0v) is 14.0. The molecule has 1 aromatic carbocycles. The van der Waals surface area contributed by atoms with Crippen LogP contribution >= 0.6 is 0 Å². The van der Waals surface area contributed by atoms with Gasteiger partial charge in [0.25, 0.3) is 0 Å². The summed E-state index contributed by atoms with van der Waals surface area (Å²) in [6, 6.07) is 4.15. The van der Waals surface area contributed by atoms with Crippen molar-refractivity contribution in [2.24, 2.45) is 5.41 Å². The zero-order chi connectivity index (χ0) is 17.7. The van der Waals surface area contributed by atoms with Crippen LogP contribution in [0.1, 0.15) is 31.1 Å². The summed E-state index contributed by atoms with van der Waals surface area (Å²) in [5, 5.41) is 8.86. The van der Waals surface area contributed by atoms with E-state index in [9.17, 15) is 14.0 Å². The minimum absolute atomic E-state index is 0.0405. The Bertz CT molecular complexity index is 684. The number of halogens is 1. The molecular formula is C17H21FN2O4. The van der Waals surface area contributed by atoms with Gasteiger partial charge in [-0.15, -0.1) is 0 Å². The van der Waals surface area contributed by atoms with E-state index in [1.165, 1.54) is 12.1 Å². The van der Waals surface area contributed by atoms with Crippen LogP contribution in [0.4, 0.5) is 14.9 Å². The Balaban J connectivity index is 1.55. The normalized spacial score (nSPS) is 18.8. The topological polar surface area (TPSA) is 70.1 Å². The average Bonchev–Trinajstić information content (AvgIpc) is 2.32. The molecule has 0 radical (unpaired) electrons. The molecule has 2 aliphatic heterocycles. The lowest BCUT2D eigenvalue weighted by molar-refractivity contribution is -0.0453.